The van der Waals surface area contributed by atoms with Crippen LogP contribution in [0, 0.1) is 5.82 Å². The van der Waals surface area contributed by atoms with Crippen molar-refractivity contribution in [1.82, 2.24) is 19.6 Å². The molecule has 0 spiro atoms. The molecule has 0 radical (unpaired) electrons. The van der Waals surface area contributed by atoms with E-state index < -0.39 is 35.2 Å². The van der Waals surface area contributed by atoms with Crippen molar-refractivity contribution in [3.8, 4) is 22.8 Å². The number of hydrogen-bond donors (Lipinski definition) is 1. The summed E-state index contributed by atoms with van der Waals surface area (Å²) in [6.07, 6.45) is -4.82. The highest BCUT2D eigenvalue weighted by atomic mass is 19.4. The van der Waals surface area contributed by atoms with E-state index in [4.69, 9.17) is 9.47 Å². The Kier molecular flexibility index (Phi) is 5.58. The largest absolute Gasteiger partial charge is 0.493 e. The molecule has 0 aliphatic rings. The lowest BCUT2D eigenvalue weighted by Gasteiger charge is -2.10. The second-order valence-corrected chi connectivity index (χ2v) is 6.70. The Morgan fingerprint density at radius 1 is 0.970 bits per heavy atom. The maximum Gasteiger partial charge on any atom is 0.433 e. The first-order valence-corrected chi connectivity index (χ1v) is 9.34. The average Bonchev–Trinajstić information content (AvgIpc) is 3.22. The first-order chi connectivity index (χ1) is 15.7. The molecule has 12 heteroatoms. The van der Waals surface area contributed by atoms with Crippen LogP contribution in [-0.4, -0.2) is 39.7 Å². The van der Waals surface area contributed by atoms with Crippen LogP contribution >= 0.6 is 0 Å². The number of amides is 1. The van der Waals surface area contributed by atoms with Crippen molar-refractivity contribution >= 4 is 17.4 Å². The topological polar surface area (TPSA) is 90.6 Å². The van der Waals surface area contributed by atoms with Gasteiger partial charge in [0.1, 0.15) is 5.82 Å². The van der Waals surface area contributed by atoms with Gasteiger partial charge in [-0.3, -0.25) is 4.79 Å². The van der Waals surface area contributed by atoms with Crippen LogP contribution in [0.15, 0.2) is 48.5 Å². The van der Waals surface area contributed by atoms with Gasteiger partial charge in [0, 0.05) is 17.3 Å². The molecular formula is C21H15F4N5O3. The Bertz CT molecular complexity index is 1340. The number of carbonyl (C=O) groups excluding carboxylic acids is 1. The van der Waals surface area contributed by atoms with Crippen LogP contribution in [-0.2, 0) is 6.18 Å². The molecule has 2 heterocycles. The van der Waals surface area contributed by atoms with E-state index in [2.05, 4.69) is 20.4 Å². The molecule has 2 aromatic carbocycles. The fraction of sp³-hybridized carbons (Fsp3) is 0.143. The van der Waals surface area contributed by atoms with Gasteiger partial charge in [-0.1, -0.05) is 0 Å². The number of rotatable bonds is 5. The van der Waals surface area contributed by atoms with Gasteiger partial charge in [-0.25, -0.2) is 9.37 Å². The van der Waals surface area contributed by atoms with Gasteiger partial charge in [0.25, 0.3) is 11.7 Å². The lowest BCUT2D eigenvalue weighted by Crippen LogP contribution is -2.16. The van der Waals surface area contributed by atoms with Crippen LogP contribution in [0.2, 0.25) is 0 Å². The summed E-state index contributed by atoms with van der Waals surface area (Å²) in [5, 5.41) is 6.19. The highest BCUT2D eigenvalue weighted by molar-refractivity contribution is 6.02. The number of halogens is 4. The normalized spacial score (nSPS) is 11.5. The highest BCUT2D eigenvalue weighted by Gasteiger charge is 2.36. The maximum atomic E-state index is 13.7. The van der Waals surface area contributed by atoms with Gasteiger partial charge in [0.05, 0.1) is 19.9 Å². The first kappa shape index (κ1) is 22.0. The molecule has 0 fully saturated rings. The molecular weight excluding hydrogens is 446 g/mol. The van der Waals surface area contributed by atoms with E-state index in [-0.39, 0.29) is 16.9 Å². The monoisotopic (exact) mass is 461 g/mol. The number of carbonyl (C=O) groups is 1. The molecule has 8 nitrogen and oxygen atoms in total. The van der Waals surface area contributed by atoms with E-state index in [1.165, 1.54) is 38.5 Å². The summed E-state index contributed by atoms with van der Waals surface area (Å²) in [5.41, 5.74) is -0.769. The molecule has 0 bridgehead atoms. The molecule has 170 valence electrons. The SMILES string of the molecule is COc1ccc(NC(=O)c2nc3nc(-c4ccc(F)cc4)cc(C(F)(F)F)n3n2)cc1OC. The minimum absolute atomic E-state index is 0.103. The minimum atomic E-state index is -4.82. The summed E-state index contributed by atoms with van der Waals surface area (Å²) in [6, 6.07) is 10.1. The Hall–Kier alpha value is -4.22. The van der Waals surface area contributed by atoms with Crippen molar-refractivity contribution in [3.05, 3.63) is 65.9 Å². The van der Waals surface area contributed by atoms with E-state index in [0.29, 0.717) is 16.0 Å². The van der Waals surface area contributed by atoms with E-state index in [1.54, 1.807) is 6.07 Å². The van der Waals surface area contributed by atoms with E-state index in [9.17, 15) is 22.4 Å². The Morgan fingerprint density at radius 3 is 2.30 bits per heavy atom. The second kappa shape index (κ2) is 8.37. The number of aromatic nitrogens is 4. The van der Waals surface area contributed by atoms with Gasteiger partial charge < -0.3 is 14.8 Å². The summed E-state index contributed by atoms with van der Waals surface area (Å²) < 4.78 is 65.0. The molecule has 4 aromatic rings. The number of benzene rings is 2. The van der Waals surface area contributed by atoms with Crippen molar-refractivity contribution in [2.75, 3.05) is 19.5 Å². The Labute approximate surface area is 183 Å². The van der Waals surface area contributed by atoms with Crippen molar-refractivity contribution in [2.45, 2.75) is 6.18 Å². The van der Waals surface area contributed by atoms with Gasteiger partial charge >= 0.3 is 6.18 Å². The van der Waals surface area contributed by atoms with Crippen LogP contribution < -0.4 is 14.8 Å². The van der Waals surface area contributed by atoms with Crippen molar-refractivity contribution in [2.24, 2.45) is 0 Å². The number of hydrogen-bond acceptors (Lipinski definition) is 6. The highest BCUT2D eigenvalue weighted by Crippen LogP contribution is 2.32. The summed E-state index contributed by atoms with van der Waals surface area (Å²) in [5.74, 6) is -1.62. The smallest absolute Gasteiger partial charge is 0.433 e. The number of alkyl halides is 3. The number of nitrogens with zero attached hydrogens (tertiary/aromatic N) is 4. The molecule has 0 aliphatic carbocycles. The van der Waals surface area contributed by atoms with Crippen molar-refractivity contribution in [1.29, 1.82) is 0 Å². The molecule has 0 unspecified atom stereocenters. The third kappa shape index (κ3) is 4.40. The van der Waals surface area contributed by atoms with Crippen LogP contribution in [0.1, 0.15) is 16.3 Å². The summed E-state index contributed by atoms with van der Waals surface area (Å²) >= 11 is 0. The van der Waals surface area contributed by atoms with Gasteiger partial charge in [-0.2, -0.15) is 22.7 Å². The zero-order chi connectivity index (χ0) is 23.8. The zero-order valence-electron chi connectivity index (χ0n) is 17.1. The Morgan fingerprint density at radius 2 is 1.67 bits per heavy atom. The van der Waals surface area contributed by atoms with E-state index in [0.717, 1.165) is 18.2 Å². The molecule has 4 rings (SSSR count). The molecule has 1 N–H and O–H groups in total. The van der Waals surface area contributed by atoms with Gasteiger partial charge in [0.15, 0.2) is 17.2 Å². The standard InChI is InChI=1S/C21H15F4N5O3/c1-32-15-8-7-13(9-16(15)33-2)26-19(31)18-28-20-27-14(11-3-5-12(22)6-4-11)10-17(21(23,24)25)30(20)29-18/h3-10H,1-2H3,(H,26,31). The van der Waals surface area contributed by atoms with Crippen LogP contribution in [0.4, 0.5) is 23.2 Å². The number of fused-ring (bicyclic) bond motifs is 1. The number of methoxy groups -OCH3 is 2. The van der Waals surface area contributed by atoms with E-state index >= 15 is 0 Å². The predicted octanol–water partition coefficient (Wildman–Crippen LogP) is 4.22. The summed E-state index contributed by atoms with van der Waals surface area (Å²) in [4.78, 5) is 20.5. The first-order valence-electron chi connectivity index (χ1n) is 9.34. The molecule has 33 heavy (non-hydrogen) atoms. The molecule has 0 aliphatic heterocycles. The van der Waals surface area contributed by atoms with Gasteiger partial charge in [0.2, 0.25) is 5.82 Å². The lowest BCUT2D eigenvalue weighted by atomic mass is 10.1. The maximum absolute atomic E-state index is 13.7. The quantitative estimate of drug-likeness (QED) is 0.448. The fourth-order valence-corrected chi connectivity index (χ4v) is 3.04. The second-order valence-electron chi connectivity index (χ2n) is 6.70. The third-order valence-corrected chi connectivity index (χ3v) is 4.59. The number of nitrogens with one attached hydrogen (secondary N) is 1. The molecule has 0 atom stereocenters. The average molecular weight is 461 g/mol. The van der Waals surface area contributed by atoms with Crippen LogP contribution in [0.25, 0.3) is 17.0 Å². The third-order valence-electron chi connectivity index (χ3n) is 4.59. The van der Waals surface area contributed by atoms with Crippen molar-refractivity contribution < 1.29 is 31.8 Å². The lowest BCUT2D eigenvalue weighted by molar-refractivity contribution is -0.142. The predicted molar refractivity (Wildman–Crippen MR) is 109 cm³/mol. The number of ether oxygens (including phenoxy) is 2. The number of anilines is 1. The molecule has 2 aromatic heterocycles. The van der Waals surface area contributed by atoms with Crippen LogP contribution in [0.3, 0.4) is 0 Å². The van der Waals surface area contributed by atoms with Crippen molar-refractivity contribution in [3.63, 3.8) is 0 Å². The fourth-order valence-electron chi connectivity index (χ4n) is 3.04. The van der Waals surface area contributed by atoms with Gasteiger partial charge in [-0.05, 0) is 42.5 Å². The Balaban J connectivity index is 1.73. The van der Waals surface area contributed by atoms with Crippen LogP contribution in [0.5, 0.6) is 11.5 Å². The minimum Gasteiger partial charge on any atom is -0.493 e. The van der Waals surface area contributed by atoms with E-state index in [1.807, 2.05) is 0 Å². The van der Waals surface area contributed by atoms with Gasteiger partial charge in [-0.15, -0.1) is 5.10 Å². The summed E-state index contributed by atoms with van der Waals surface area (Å²) in [6.45, 7) is 0. The summed E-state index contributed by atoms with van der Waals surface area (Å²) in [7, 11) is 2.86. The zero-order valence-corrected chi connectivity index (χ0v) is 17.1. The molecule has 1 amide bonds. The molecule has 0 saturated carbocycles. The molecule has 0 saturated heterocycles.